The third-order valence-electron chi connectivity index (χ3n) is 2.46. The molecule has 1 saturated carbocycles. The fourth-order valence-corrected chi connectivity index (χ4v) is 1.59. The van der Waals surface area contributed by atoms with E-state index in [2.05, 4.69) is 24.1 Å². The zero-order chi connectivity index (χ0) is 8.81. The Balaban J connectivity index is 2.05. The van der Waals surface area contributed by atoms with Gasteiger partial charge in [-0.25, -0.2) is 0 Å². The van der Waals surface area contributed by atoms with E-state index in [0.717, 1.165) is 24.9 Å². The van der Waals surface area contributed by atoms with Gasteiger partial charge in [-0.2, -0.15) is 0 Å². The van der Waals surface area contributed by atoms with Gasteiger partial charge in [-0.05, 0) is 32.1 Å². The van der Waals surface area contributed by atoms with Crippen molar-refractivity contribution in [2.45, 2.75) is 45.6 Å². The first-order valence-electron chi connectivity index (χ1n) is 5.01. The first-order valence-corrected chi connectivity index (χ1v) is 5.01. The Morgan fingerprint density at radius 3 is 2.75 bits per heavy atom. The van der Waals surface area contributed by atoms with Crippen LogP contribution in [0.1, 0.15) is 39.5 Å². The van der Waals surface area contributed by atoms with Crippen molar-refractivity contribution in [3.63, 3.8) is 0 Å². The molecule has 0 aromatic rings. The van der Waals surface area contributed by atoms with E-state index in [9.17, 15) is 0 Å². The Labute approximate surface area is 75.9 Å². The summed E-state index contributed by atoms with van der Waals surface area (Å²) in [7, 11) is 0. The molecule has 1 fully saturated rings. The Kier molecular flexibility index (Phi) is 4.18. The maximum absolute atomic E-state index is 3.56. The van der Waals surface area contributed by atoms with Crippen molar-refractivity contribution in [1.29, 1.82) is 0 Å². The van der Waals surface area contributed by atoms with Crippen molar-refractivity contribution in [2.75, 3.05) is 6.54 Å². The van der Waals surface area contributed by atoms with Crippen LogP contribution in [-0.2, 0) is 0 Å². The highest BCUT2D eigenvalue weighted by molar-refractivity contribution is 4.95. The van der Waals surface area contributed by atoms with E-state index >= 15 is 0 Å². The Morgan fingerprint density at radius 1 is 1.50 bits per heavy atom. The lowest BCUT2D eigenvalue weighted by molar-refractivity contribution is 0.456. The van der Waals surface area contributed by atoms with Gasteiger partial charge in [-0.15, -0.1) is 11.8 Å². The Morgan fingerprint density at radius 2 is 2.25 bits per heavy atom. The summed E-state index contributed by atoms with van der Waals surface area (Å²) in [5, 5.41) is 3.56. The third kappa shape index (κ3) is 3.28. The summed E-state index contributed by atoms with van der Waals surface area (Å²) >= 11 is 0. The summed E-state index contributed by atoms with van der Waals surface area (Å²) in [5.41, 5.74) is 0. The molecule has 1 rings (SSSR count). The molecule has 0 spiro atoms. The summed E-state index contributed by atoms with van der Waals surface area (Å²) in [5.74, 6) is 6.97. The number of hydrogen-bond donors (Lipinski definition) is 1. The van der Waals surface area contributed by atoms with Crippen molar-refractivity contribution >= 4 is 0 Å². The van der Waals surface area contributed by atoms with Crippen molar-refractivity contribution in [1.82, 2.24) is 5.32 Å². The molecule has 1 atom stereocenters. The molecule has 12 heavy (non-hydrogen) atoms. The minimum absolute atomic E-state index is 0.767. The largest absolute Gasteiger partial charge is 0.313 e. The van der Waals surface area contributed by atoms with Crippen LogP contribution < -0.4 is 5.32 Å². The number of hydrogen-bond acceptors (Lipinski definition) is 1. The second-order valence-corrected chi connectivity index (χ2v) is 3.48. The first-order chi connectivity index (χ1) is 5.88. The van der Waals surface area contributed by atoms with E-state index in [4.69, 9.17) is 0 Å². The number of rotatable bonds is 5. The fraction of sp³-hybridized carbons (Fsp3) is 0.818. The van der Waals surface area contributed by atoms with Gasteiger partial charge in [0, 0.05) is 19.0 Å². The summed E-state index contributed by atoms with van der Waals surface area (Å²) in [4.78, 5) is 0. The fourth-order valence-electron chi connectivity index (χ4n) is 1.59. The van der Waals surface area contributed by atoms with E-state index in [0.29, 0.717) is 0 Å². The van der Waals surface area contributed by atoms with Crippen LogP contribution in [0, 0.1) is 17.8 Å². The molecule has 0 aliphatic heterocycles. The molecule has 1 nitrogen and oxygen atoms in total. The van der Waals surface area contributed by atoms with E-state index in [1.54, 1.807) is 0 Å². The SMILES string of the molecule is CC#CCCNC(CC)C1CC1. The Hall–Kier alpha value is -0.480. The lowest BCUT2D eigenvalue weighted by Crippen LogP contribution is -2.30. The lowest BCUT2D eigenvalue weighted by Gasteiger charge is -2.14. The summed E-state index contributed by atoms with van der Waals surface area (Å²) in [6.07, 6.45) is 5.14. The average Bonchev–Trinajstić information content (AvgIpc) is 2.88. The van der Waals surface area contributed by atoms with Crippen LogP contribution in [0.3, 0.4) is 0 Å². The van der Waals surface area contributed by atoms with Gasteiger partial charge in [-0.3, -0.25) is 0 Å². The van der Waals surface area contributed by atoms with Crippen molar-refractivity contribution < 1.29 is 0 Å². The van der Waals surface area contributed by atoms with E-state index in [-0.39, 0.29) is 0 Å². The third-order valence-corrected chi connectivity index (χ3v) is 2.46. The standard InChI is InChI=1S/C11H19N/c1-3-5-6-9-12-11(4-2)10-7-8-10/h10-12H,4,6-9H2,1-2H3. The molecule has 1 unspecified atom stereocenters. The molecule has 1 N–H and O–H groups in total. The first kappa shape index (κ1) is 9.61. The minimum atomic E-state index is 0.767. The molecule has 0 saturated heterocycles. The van der Waals surface area contributed by atoms with Crippen LogP contribution in [0.5, 0.6) is 0 Å². The summed E-state index contributed by atoms with van der Waals surface area (Å²) in [6.45, 7) is 5.23. The molecule has 0 amide bonds. The van der Waals surface area contributed by atoms with Gasteiger partial charge < -0.3 is 5.32 Å². The lowest BCUT2D eigenvalue weighted by atomic mass is 10.1. The topological polar surface area (TPSA) is 12.0 Å². The van der Waals surface area contributed by atoms with Crippen LogP contribution in [0.2, 0.25) is 0 Å². The smallest absolute Gasteiger partial charge is 0.0214 e. The van der Waals surface area contributed by atoms with Gasteiger partial charge in [0.2, 0.25) is 0 Å². The molecule has 1 heteroatoms. The normalized spacial score (nSPS) is 18.2. The Bertz CT molecular complexity index is 171. The van der Waals surface area contributed by atoms with Gasteiger partial charge in [0.1, 0.15) is 0 Å². The predicted molar refractivity (Wildman–Crippen MR) is 52.9 cm³/mol. The van der Waals surface area contributed by atoms with Gasteiger partial charge in [0.05, 0.1) is 0 Å². The molecule has 0 heterocycles. The highest BCUT2D eigenvalue weighted by atomic mass is 14.9. The molecule has 0 radical (unpaired) electrons. The van der Waals surface area contributed by atoms with Gasteiger partial charge in [0.25, 0.3) is 0 Å². The van der Waals surface area contributed by atoms with Crippen LogP contribution in [0.25, 0.3) is 0 Å². The minimum Gasteiger partial charge on any atom is -0.313 e. The molecule has 1 aliphatic rings. The molecular weight excluding hydrogens is 146 g/mol. The van der Waals surface area contributed by atoms with E-state index < -0.39 is 0 Å². The number of nitrogens with one attached hydrogen (secondary N) is 1. The van der Waals surface area contributed by atoms with Crippen molar-refractivity contribution in [3.05, 3.63) is 0 Å². The quantitative estimate of drug-likeness (QED) is 0.486. The molecule has 0 bridgehead atoms. The highest BCUT2D eigenvalue weighted by Gasteiger charge is 2.28. The second-order valence-electron chi connectivity index (χ2n) is 3.48. The highest BCUT2D eigenvalue weighted by Crippen LogP contribution is 2.33. The van der Waals surface area contributed by atoms with Crippen molar-refractivity contribution in [3.8, 4) is 11.8 Å². The second kappa shape index (κ2) is 5.22. The van der Waals surface area contributed by atoms with Crippen LogP contribution in [-0.4, -0.2) is 12.6 Å². The van der Waals surface area contributed by atoms with Crippen LogP contribution in [0.15, 0.2) is 0 Å². The molecular formula is C11H19N. The molecule has 68 valence electrons. The zero-order valence-corrected chi connectivity index (χ0v) is 8.19. The summed E-state index contributed by atoms with van der Waals surface area (Å²) < 4.78 is 0. The van der Waals surface area contributed by atoms with Crippen LogP contribution >= 0.6 is 0 Å². The zero-order valence-electron chi connectivity index (χ0n) is 8.19. The van der Waals surface area contributed by atoms with E-state index in [1.165, 1.54) is 19.3 Å². The van der Waals surface area contributed by atoms with E-state index in [1.807, 2.05) is 6.92 Å². The molecule has 1 aliphatic carbocycles. The van der Waals surface area contributed by atoms with Crippen LogP contribution in [0.4, 0.5) is 0 Å². The van der Waals surface area contributed by atoms with Crippen molar-refractivity contribution in [2.24, 2.45) is 5.92 Å². The molecule has 0 aromatic heterocycles. The average molecular weight is 165 g/mol. The maximum Gasteiger partial charge on any atom is 0.0214 e. The monoisotopic (exact) mass is 165 g/mol. The van der Waals surface area contributed by atoms with Gasteiger partial charge >= 0.3 is 0 Å². The molecule has 0 aromatic carbocycles. The van der Waals surface area contributed by atoms with Gasteiger partial charge in [-0.1, -0.05) is 6.92 Å². The predicted octanol–water partition coefficient (Wildman–Crippen LogP) is 2.18. The van der Waals surface area contributed by atoms with Gasteiger partial charge in [0.15, 0.2) is 0 Å². The summed E-state index contributed by atoms with van der Waals surface area (Å²) in [6, 6.07) is 0.767. The maximum atomic E-state index is 3.56.